The lowest BCUT2D eigenvalue weighted by Crippen LogP contribution is -2.39. The van der Waals surface area contributed by atoms with Gasteiger partial charge in [-0.15, -0.1) is 0 Å². The highest BCUT2D eigenvalue weighted by atomic mass is 32.2. The molecule has 0 unspecified atom stereocenters. The zero-order valence-electron chi connectivity index (χ0n) is 10.7. The molecule has 0 aromatic carbocycles. The Kier molecular flexibility index (Phi) is 4.72. The van der Waals surface area contributed by atoms with Gasteiger partial charge in [-0.05, 0) is 38.6 Å². The van der Waals surface area contributed by atoms with E-state index in [0.717, 1.165) is 19.3 Å². The second-order valence-corrected chi connectivity index (χ2v) is 8.12. The van der Waals surface area contributed by atoms with E-state index in [1.165, 1.54) is 0 Å². The Morgan fingerprint density at radius 2 is 1.94 bits per heavy atom. The quantitative estimate of drug-likeness (QED) is 0.749. The Bertz CT molecular complexity index is 364. The molecule has 1 fully saturated rings. The summed E-state index contributed by atoms with van der Waals surface area (Å²) in [4.78, 5) is 11.8. The van der Waals surface area contributed by atoms with Gasteiger partial charge in [-0.25, -0.2) is 8.42 Å². The van der Waals surface area contributed by atoms with Crippen molar-refractivity contribution in [2.75, 3.05) is 12.3 Å². The molecule has 100 valence electrons. The first kappa shape index (κ1) is 14.6. The first-order valence-corrected chi connectivity index (χ1v) is 7.96. The topological polar surface area (TPSA) is 77.2 Å². The lowest BCUT2D eigenvalue weighted by Gasteiger charge is -2.40. The van der Waals surface area contributed by atoms with Gasteiger partial charge in [0.25, 0.3) is 0 Å². The molecule has 4 nitrogen and oxygen atoms in total. The fraction of sp³-hybridized carbons (Fsp3) is 0.917. The third-order valence-electron chi connectivity index (χ3n) is 3.80. The van der Waals surface area contributed by atoms with Crippen molar-refractivity contribution in [1.29, 1.82) is 0 Å². The Balaban J connectivity index is 2.41. The zero-order chi connectivity index (χ0) is 13.1. The van der Waals surface area contributed by atoms with Crippen molar-refractivity contribution in [2.45, 2.75) is 51.2 Å². The monoisotopic (exact) mass is 261 g/mol. The Morgan fingerprint density at radius 3 is 2.29 bits per heavy atom. The number of ketones is 1. The molecule has 1 aliphatic rings. The van der Waals surface area contributed by atoms with Gasteiger partial charge in [-0.3, -0.25) is 4.79 Å². The molecule has 1 saturated carbocycles. The van der Waals surface area contributed by atoms with E-state index in [2.05, 4.69) is 0 Å². The molecule has 0 radical (unpaired) electrons. The molecular weight excluding hydrogens is 238 g/mol. The Hall–Kier alpha value is -0.420. The van der Waals surface area contributed by atoms with Crippen molar-refractivity contribution < 1.29 is 13.2 Å². The van der Waals surface area contributed by atoms with E-state index < -0.39 is 15.1 Å². The molecule has 0 heterocycles. The molecule has 2 N–H and O–H groups in total. The van der Waals surface area contributed by atoms with Gasteiger partial charge in [0.2, 0.25) is 0 Å². The van der Waals surface area contributed by atoms with Crippen LogP contribution in [0.25, 0.3) is 0 Å². The Labute approximate surface area is 104 Å². The first-order chi connectivity index (χ1) is 7.81. The van der Waals surface area contributed by atoms with Gasteiger partial charge in [-0.2, -0.15) is 0 Å². The normalized spacial score (nSPS) is 19.1. The van der Waals surface area contributed by atoms with E-state index in [1.54, 1.807) is 13.8 Å². The summed E-state index contributed by atoms with van der Waals surface area (Å²) in [5.41, 5.74) is 5.66. The third-order valence-corrected chi connectivity index (χ3v) is 6.01. The van der Waals surface area contributed by atoms with E-state index in [-0.39, 0.29) is 23.4 Å². The van der Waals surface area contributed by atoms with Crippen molar-refractivity contribution in [1.82, 2.24) is 0 Å². The van der Waals surface area contributed by atoms with Crippen LogP contribution < -0.4 is 5.73 Å². The van der Waals surface area contributed by atoms with Crippen LogP contribution in [-0.4, -0.2) is 31.7 Å². The average molecular weight is 261 g/mol. The van der Waals surface area contributed by atoms with Crippen LogP contribution in [0.15, 0.2) is 0 Å². The highest BCUT2D eigenvalue weighted by Gasteiger charge is 2.37. The van der Waals surface area contributed by atoms with E-state index in [1.807, 2.05) is 0 Å². The van der Waals surface area contributed by atoms with E-state index in [9.17, 15) is 13.2 Å². The van der Waals surface area contributed by atoms with Crippen LogP contribution in [0.5, 0.6) is 0 Å². The summed E-state index contributed by atoms with van der Waals surface area (Å²) >= 11 is 0. The third kappa shape index (κ3) is 3.78. The predicted molar refractivity (Wildman–Crippen MR) is 68.5 cm³/mol. The number of rotatable bonds is 7. The summed E-state index contributed by atoms with van der Waals surface area (Å²) in [7, 11) is -3.10. The van der Waals surface area contributed by atoms with Gasteiger partial charge < -0.3 is 5.73 Å². The fourth-order valence-corrected chi connectivity index (χ4v) is 3.11. The van der Waals surface area contributed by atoms with Crippen molar-refractivity contribution in [3.63, 3.8) is 0 Å². The maximum Gasteiger partial charge on any atom is 0.153 e. The molecule has 0 saturated heterocycles. The smallest absolute Gasteiger partial charge is 0.153 e. The fourth-order valence-electron chi connectivity index (χ4n) is 2.13. The molecule has 0 aliphatic heterocycles. The molecule has 0 aromatic rings. The van der Waals surface area contributed by atoms with Crippen LogP contribution in [0.2, 0.25) is 0 Å². The number of carbonyl (C=O) groups is 1. The maximum atomic E-state index is 11.8. The van der Waals surface area contributed by atoms with Crippen LogP contribution >= 0.6 is 0 Å². The molecule has 1 rings (SSSR count). The van der Waals surface area contributed by atoms with Gasteiger partial charge in [0.1, 0.15) is 5.78 Å². The van der Waals surface area contributed by atoms with Crippen molar-refractivity contribution >= 4 is 15.6 Å². The summed E-state index contributed by atoms with van der Waals surface area (Å²) in [5.74, 6) is 0.0174. The summed E-state index contributed by atoms with van der Waals surface area (Å²) in [6.07, 6.45) is 3.74. The summed E-state index contributed by atoms with van der Waals surface area (Å²) in [6.45, 7) is 3.83. The Morgan fingerprint density at radius 1 is 1.35 bits per heavy atom. The largest absolute Gasteiger partial charge is 0.330 e. The minimum atomic E-state index is -3.10. The van der Waals surface area contributed by atoms with Gasteiger partial charge in [0.15, 0.2) is 9.84 Å². The van der Waals surface area contributed by atoms with Crippen LogP contribution in [0.1, 0.15) is 46.0 Å². The number of carbonyl (C=O) groups excluding carboxylic acids is 1. The van der Waals surface area contributed by atoms with Crippen LogP contribution in [0.4, 0.5) is 0 Å². The second-order valence-electron chi connectivity index (χ2n) is 5.44. The van der Waals surface area contributed by atoms with Gasteiger partial charge in [0, 0.05) is 12.8 Å². The molecule has 0 atom stereocenters. The lowest BCUT2D eigenvalue weighted by atomic mass is 9.66. The number of sulfone groups is 1. The number of hydrogen-bond donors (Lipinski definition) is 1. The number of hydrogen-bond acceptors (Lipinski definition) is 4. The zero-order valence-corrected chi connectivity index (χ0v) is 11.6. The van der Waals surface area contributed by atoms with Crippen molar-refractivity contribution in [3.05, 3.63) is 0 Å². The summed E-state index contributed by atoms with van der Waals surface area (Å²) < 4.78 is 23.2. The SMILES string of the molecule is CC(C)S(=O)(=O)CCC(=O)CC1(CN)CCC1. The highest BCUT2D eigenvalue weighted by molar-refractivity contribution is 7.91. The van der Waals surface area contributed by atoms with Crippen molar-refractivity contribution in [2.24, 2.45) is 11.1 Å². The predicted octanol–water partition coefficient (Wildman–Crippen LogP) is 1.29. The highest BCUT2D eigenvalue weighted by Crippen LogP contribution is 2.43. The lowest BCUT2D eigenvalue weighted by molar-refractivity contribution is -0.122. The summed E-state index contributed by atoms with van der Waals surface area (Å²) in [5, 5.41) is -0.400. The van der Waals surface area contributed by atoms with Crippen LogP contribution in [-0.2, 0) is 14.6 Å². The molecule has 1 aliphatic carbocycles. The standard InChI is InChI=1S/C12H23NO3S/c1-10(2)17(15,16)7-4-11(14)8-12(9-13)5-3-6-12/h10H,3-9,13H2,1-2H3. The van der Waals surface area contributed by atoms with Crippen molar-refractivity contribution in [3.8, 4) is 0 Å². The van der Waals surface area contributed by atoms with Gasteiger partial charge in [0.05, 0.1) is 11.0 Å². The van der Waals surface area contributed by atoms with Crippen LogP contribution in [0.3, 0.4) is 0 Å². The van der Waals surface area contributed by atoms with E-state index in [4.69, 9.17) is 5.73 Å². The molecule has 0 bridgehead atoms. The first-order valence-electron chi connectivity index (χ1n) is 6.25. The second kappa shape index (κ2) is 5.48. The molecular formula is C12H23NO3S. The maximum absolute atomic E-state index is 11.8. The molecule has 5 heteroatoms. The minimum Gasteiger partial charge on any atom is -0.330 e. The van der Waals surface area contributed by atoms with Gasteiger partial charge in [-0.1, -0.05) is 6.42 Å². The average Bonchev–Trinajstić information content (AvgIpc) is 2.20. The molecule has 0 aromatic heterocycles. The number of Topliss-reactive ketones (excluding diaryl/α,β-unsaturated/α-hetero) is 1. The van der Waals surface area contributed by atoms with E-state index >= 15 is 0 Å². The van der Waals surface area contributed by atoms with Crippen LogP contribution in [0, 0.1) is 5.41 Å². The van der Waals surface area contributed by atoms with E-state index in [0.29, 0.717) is 13.0 Å². The summed E-state index contributed by atoms with van der Waals surface area (Å²) in [6, 6.07) is 0. The molecule has 0 spiro atoms. The number of nitrogens with two attached hydrogens (primary N) is 1. The molecule has 17 heavy (non-hydrogen) atoms. The van der Waals surface area contributed by atoms with Gasteiger partial charge >= 0.3 is 0 Å². The molecule has 0 amide bonds. The minimum absolute atomic E-state index is 0.0152.